The third-order valence-electron chi connectivity index (χ3n) is 4.74. The van der Waals surface area contributed by atoms with E-state index >= 15 is 0 Å². The second kappa shape index (κ2) is 12.7. The van der Waals surface area contributed by atoms with Gasteiger partial charge in [-0.2, -0.15) is 0 Å². The number of hydrogen-bond donors (Lipinski definition) is 4. The van der Waals surface area contributed by atoms with Crippen LogP contribution < -0.4 is 15.4 Å². The van der Waals surface area contributed by atoms with E-state index in [4.69, 9.17) is 14.2 Å². The molecular formula is C25H32N2O8. The molecule has 3 atom stereocenters. The zero-order valence-electron chi connectivity index (χ0n) is 20.2. The van der Waals surface area contributed by atoms with Crippen LogP contribution in [0.1, 0.15) is 38.0 Å². The van der Waals surface area contributed by atoms with Crippen molar-refractivity contribution in [2.75, 3.05) is 13.7 Å². The fourth-order valence-electron chi connectivity index (χ4n) is 2.98. The first-order valence-electron chi connectivity index (χ1n) is 11.0. The number of carbonyl (C=O) groups is 3. The third kappa shape index (κ3) is 8.91. The van der Waals surface area contributed by atoms with E-state index < -0.39 is 48.4 Å². The maximum atomic E-state index is 12.9. The van der Waals surface area contributed by atoms with Crippen LogP contribution in [0.15, 0.2) is 54.6 Å². The van der Waals surface area contributed by atoms with Gasteiger partial charge in [0, 0.05) is 0 Å². The molecule has 0 saturated heterocycles. The second-order valence-corrected chi connectivity index (χ2v) is 8.68. The van der Waals surface area contributed by atoms with Crippen LogP contribution in [0.5, 0.6) is 5.75 Å². The number of esters is 1. The normalized spacial score (nSPS) is 13.7. The average Bonchev–Trinajstić information content (AvgIpc) is 2.83. The van der Waals surface area contributed by atoms with Crippen LogP contribution in [-0.2, 0) is 25.7 Å². The Balaban J connectivity index is 2.19. The van der Waals surface area contributed by atoms with Gasteiger partial charge in [-0.25, -0.2) is 9.59 Å². The maximum absolute atomic E-state index is 12.9. The maximum Gasteiger partial charge on any atom is 0.408 e. The lowest BCUT2D eigenvalue weighted by Crippen LogP contribution is -2.55. The summed E-state index contributed by atoms with van der Waals surface area (Å²) in [5.41, 5.74) is 0.202. The molecule has 2 amide bonds. The van der Waals surface area contributed by atoms with E-state index in [1.54, 1.807) is 57.2 Å². The lowest BCUT2D eigenvalue weighted by molar-refractivity contribution is -0.153. The van der Waals surface area contributed by atoms with Crippen molar-refractivity contribution >= 4 is 18.0 Å². The van der Waals surface area contributed by atoms with Crippen molar-refractivity contribution in [2.45, 2.75) is 51.2 Å². The molecule has 0 saturated carbocycles. The molecule has 0 aromatic heterocycles. The first-order chi connectivity index (χ1) is 16.5. The Bertz CT molecular complexity index is 973. The van der Waals surface area contributed by atoms with Crippen LogP contribution in [-0.4, -0.2) is 59.6 Å². The van der Waals surface area contributed by atoms with Crippen molar-refractivity contribution in [3.63, 3.8) is 0 Å². The smallest absolute Gasteiger partial charge is 0.408 e. The molecule has 2 rings (SSSR count). The van der Waals surface area contributed by atoms with Gasteiger partial charge in [-0.15, -0.1) is 0 Å². The van der Waals surface area contributed by atoms with E-state index in [0.29, 0.717) is 16.9 Å². The largest absolute Gasteiger partial charge is 0.497 e. The Morgan fingerprint density at radius 2 is 1.60 bits per heavy atom. The molecule has 0 aliphatic heterocycles. The van der Waals surface area contributed by atoms with Gasteiger partial charge in [-0.1, -0.05) is 42.5 Å². The second-order valence-electron chi connectivity index (χ2n) is 8.68. The van der Waals surface area contributed by atoms with Crippen LogP contribution in [0.3, 0.4) is 0 Å². The van der Waals surface area contributed by atoms with Crippen LogP contribution >= 0.6 is 0 Å². The molecule has 10 heteroatoms. The molecule has 0 unspecified atom stereocenters. The van der Waals surface area contributed by atoms with Crippen molar-refractivity contribution in [2.24, 2.45) is 0 Å². The highest BCUT2D eigenvalue weighted by atomic mass is 16.6. The number of carbonyl (C=O) groups excluding carboxylic acids is 3. The molecule has 0 radical (unpaired) electrons. The lowest BCUT2D eigenvalue weighted by atomic mass is 10.0. The molecule has 0 aliphatic carbocycles. The van der Waals surface area contributed by atoms with E-state index in [1.165, 1.54) is 19.2 Å². The number of nitrogens with one attached hydrogen (secondary N) is 2. The van der Waals surface area contributed by atoms with Crippen molar-refractivity contribution < 1.29 is 38.8 Å². The number of ether oxygens (including phenoxy) is 3. The number of methoxy groups -OCH3 is 1. The molecule has 0 spiro atoms. The highest BCUT2D eigenvalue weighted by Gasteiger charge is 2.34. The summed E-state index contributed by atoms with van der Waals surface area (Å²) < 4.78 is 15.5. The van der Waals surface area contributed by atoms with Gasteiger partial charge in [0.05, 0.1) is 13.7 Å². The Labute approximate surface area is 204 Å². The van der Waals surface area contributed by atoms with Crippen LogP contribution in [0.4, 0.5) is 4.79 Å². The van der Waals surface area contributed by atoms with Crippen molar-refractivity contribution in [1.29, 1.82) is 0 Å². The summed E-state index contributed by atoms with van der Waals surface area (Å²) in [4.78, 5) is 37.8. The van der Waals surface area contributed by atoms with Gasteiger partial charge in [-0.05, 0) is 44.0 Å². The molecule has 0 heterocycles. The van der Waals surface area contributed by atoms with E-state index in [1.807, 2.05) is 6.07 Å². The summed E-state index contributed by atoms with van der Waals surface area (Å²) in [5.74, 6) is -1.28. The minimum Gasteiger partial charge on any atom is -0.497 e. The molecule has 2 aromatic carbocycles. The number of amides is 2. The van der Waals surface area contributed by atoms with E-state index in [2.05, 4.69) is 10.6 Å². The Morgan fingerprint density at radius 3 is 2.14 bits per heavy atom. The lowest BCUT2D eigenvalue weighted by Gasteiger charge is -2.26. The predicted molar refractivity (Wildman–Crippen MR) is 126 cm³/mol. The van der Waals surface area contributed by atoms with E-state index in [9.17, 15) is 24.6 Å². The number of aliphatic hydroxyl groups is 2. The third-order valence-corrected chi connectivity index (χ3v) is 4.74. The minimum absolute atomic E-state index is 0.0824. The molecule has 0 aliphatic rings. The first kappa shape index (κ1) is 27.6. The van der Waals surface area contributed by atoms with Gasteiger partial charge in [0.25, 0.3) is 0 Å². The summed E-state index contributed by atoms with van der Waals surface area (Å²) in [7, 11) is 1.49. The van der Waals surface area contributed by atoms with E-state index in [-0.39, 0.29) is 6.61 Å². The highest BCUT2D eigenvalue weighted by molar-refractivity contribution is 5.90. The molecule has 2 aromatic rings. The zero-order valence-corrected chi connectivity index (χ0v) is 20.2. The SMILES string of the molecule is COc1ccc([C@@H](O)[C@H](NC(=O)[C@H](CO)NC(=O)OC(C)(C)C)C(=O)OCc2ccccc2)cc1. The van der Waals surface area contributed by atoms with Gasteiger partial charge < -0.3 is 35.1 Å². The molecule has 190 valence electrons. The van der Waals surface area contributed by atoms with Gasteiger partial charge >= 0.3 is 12.1 Å². The number of rotatable bonds is 10. The van der Waals surface area contributed by atoms with Gasteiger partial charge in [0.2, 0.25) is 5.91 Å². The molecule has 4 N–H and O–H groups in total. The van der Waals surface area contributed by atoms with Crippen molar-refractivity contribution in [3.8, 4) is 5.75 Å². The van der Waals surface area contributed by atoms with Gasteiger partial charge in [0.1, 0.15) is 30.1 Å². The summed E-state index contributed by atoms with van der Waals surface area (Å²) in [5, 5.41) is 25.2. The number of benzene rings is 2. The quantitative estimate of drug-likeness (QED) is 0.371. The molecule has 0 fully saturated rings. The minimum atomic E-state index is -1.53. The predicted octanol–water partition coefficient (Wildman–Crippen LogP) is 1.84. The number of hydrogen-bond acceptors (Lipinski definition) is 8. The van der Waals surface area contributed by atoms with Crippen LogP contribution in [0, 0.1) is 0 Å². The average molecular weight is 489 g/mol. The molecular weight excluding hydrogens is 456 g/mol. The topological polar surface area (TPSA) is 143 Å². The zero-order chi connectivity index (χ0) is 26.0. The van der Waals surface area contributed by atoms with Crippen molar-refractivity contribution in [1.82, 2.24) is 10.6 Å². The first-order valence-corrected chi connectivity index (χ1v) is 11.0. The molecule has 0 bridgehead atoms. The number of aliphatic hydroxyl groups excluding tert-OH is 2. The molecule has 10 nitrogen and oxygen atoms in total. The summed E-state index contributed by atoms with van der Waals surface area (Å²) in [6.07, 6.45) is -2.42. The summed E-state index contributed by atoms with van der Waals surface area (Å²) in [6.45, 7) is 4.08. The summed E-state index contributed by atoms with van der Waals surface area (Å²) >= 11 is 0. The fraction of sp³-hybridized carbons (Fsp3) is 0.400. The van der Waals surface area contributed by atoms with Crippen LogP contribution in [0.2, 0.25) is 0 Å². The monoisotopic (exact) mass is 488 g/mol. The fourth-order valence-corrected chi connectivity index (χ4v) is 2.98. The van der Waals surface area contributed by atoms with E-state index in [0.717, 1.165) is 0 Å². The van der Waals surface area contributed by atoms with Crippen LogP contribution in [0.25, 0.3) is 0 Å². The Kier molecular flexibility index (Phi) is 10.0. The Morgan fingerprint density at radius 1 is 0.971 bits per heavy atom. The highest BCUT2D eigenvalue weighted by Crippen LogP contribution is 2.22. The van der Waals surface area contributed by atoms with Gasteiger partial charge in [0.15, 0.2) is 6.04 Å². The standard InChI is InChI=1S/C25H32N2O8/c1-25(2,3)35-24(32)26-19(14-28)22(30)27-20(21(29)17-10-12-18(33-4)13-11-17)23(31)34-15-16-8-6-5-7-9-16/h5-13,19-21,28-29H,14-15H2,1-4H3,(H,26,32)(H,27,30)/t19-,20-,21+/m0/s1. The number of alkyl carbamates (subject to hydrolysis) is 1. The Hall–Kier alpha value is -3.63. The summed E-state index contributed by atoms with van der Waals surface area (Å²) in [6, 6.07) is 12.2. The van der Waals surface area contributed by atoms with Gasteiger partial charge in [-0.3, -0.25) is 4.79 Å². The molecule has 35 heavy (non-hydrogen) atoms. The van der Waals surface area contributed by atoms with Crippen molar-refractivity contribution in [3.05, 3.63) is 65.7 Å².